The van der Waals surface area contributed by atoms with Crippen molar-refractivity contribution >= 4 is 23.6 Å². The van der Waals surface area contributed by atoms with Gasteiger partial charge in [-0.15, -0.1) is 11.8 Å². The molecule has 2 aromatic rings. The molecule has 2 N–H and O–H groups in total. The summed E-state index contributed by atoms with van der Waals surface area (Å²) in [6.07, 6.45) is 1.99. The summed E-state index contributed by atoms with van der Waals surface area (Å²) in [7, 11) is 0. The minimum Gasteiger partial charge on any atom is -0.480 e. The third-order valence-electron chi connectivity index (χ3n) is 3.40. The number of oxazole rings is 1. The van der Waals surface area contributed by atoms with Crippen molar-refractivity contribution in [1.82, 2.24) is 10.3 Å². The van der Waals surface area contributed by atoms with E-state index >= 15 is 0 Å². The van der Waals surface area contributed by atoms with Gasteiger partial charge in [-0.2, -0.15) is 0 Å². The van der Waals surface area contributed by atoms with Gasteiger partial charge in [-0.25, -0.2) is 9.78 Å². The van der Waals surface area contributed by atoms with Gasteiger partial charge >= 0.3 is 5.97 Å². The number of rotatable bonds is 9. The van der Waals surface area contributed by atoms with Crippen LogP contribution in [-0.4, -0.2) is 33.8 Å². The van der Waals surface area contributed by atoms with E-state index in [1.807, 2.05) is 44.2 Å². The van der Waals surface area contributed by atoms with Crippen LogP contribution in [0.3, 0.4) is 0 Å². The maximum atomic E-state index is 11.9. The Morgan fingerprint density at radius 1 is 1.28 bits per heavy atom. The van der Waals surface area contributed by atoms with E-state index in [1.54, 1.807) is 6.26 Å². The summed E-state index contributed by atoms with van der Waals surface area (Å²) in [5.41, 5.74) is 1.64. The van der Waals surface area contributed by atoms with Gasteiger partial charge < -0.3 is 14.8 Å². The number of carbonyl (C=O) groups excluding carboxylic acids is 1. The first-order valence-corrected chi connectivity index (χ1v) is 9.21. The summed E-state index contributed by atoms with van der Waals surface area (Å²) in [6, 6.07) is 8.73. The fourth-order valence-electron chi connectivity index (χ4n) is 2.26. The second kappa shape index (κ2) is 9.27. The third kappa shape index (κ3) is 6.26. The molecular formula is C18H22N2O4S. The van der Waals surface area contributed by atoms with Gasteiger partial charge in [-0.1, -0.05) is 32.0 Å². The van der Waals surface area contributed by atoms with E-state index in [0.29, 0.717) is 18.1 Å². The Hall–Kier alpha value is -2.28. The van der Waals surface area contributed by atoms with Gasteiger partial charge in [0.25, 0.3) is 0 Å². The molecular weight excluding hydrogens is 340 g/mol. The molecule has 0 fully saturated rings. The lowest BCUT2D eigenvalue weighted by molar-refractivity contribution is -0.141. The second-order valence-corrected chi connectivity index (χ2v) is 7.08. The van der Waals surface area contributed by atoms with Gasteiger partial charge in [0.1, 0.15) is 12.3 Å². The number of hydrogen-bond donors (Lipinski definition) is 2. The Labute approximate surface area is 151 Å². The maximum absolute atomic E-state index is 11.9. The van der Waals surface area contributed by atoms with Crippen molar-refractivity contribution in [3.05, 3.63) is 42.3 Å². The highest BCUT2D eigenvalue weighted by Crippen LogP contribution is 2.20. The van der Waals surface area contributed by atoms with Crippen LogP contribution >= 0.6 is 11.8 Å². The van der Waals surface area contributed by atoms with Gasteiger partial charge in [0.15, 0.2) is 0 Å². The molecule has 0 aliphatic heterocycles. The molecule has 0 saturated carbocycles. The van der Waals surface area contributed by atoms with Crippen molar-refractivity contribution in [2.45, 2.75) is 32.1 Å². The molecule has 0 radical (unpaired) electrons. The molecule has 0 saturated heterocycles. The fourth-order valence-corrected chi connectivity index (χ4v) is 2.98. The third-order valence-corrected chi connectivity index (χ3v) is 4.36. The van der Waals surface area contributed by atoms with Gasteiger partial charge in [-0.3, -0.25) is 4.79 Å². The number of nitrogens with one attached hydrogen (secondary N) is 1. The van der Waals surface area contributed by atoms with Crippen LogP contribution in [-0.2, 0) is 15.3 Å². The van der Waals surface area contributed by atoms with Crippen LogP contribution in [0, 0.1) is 5.92 Å². The Morgan fingerprint density at radius 2 is 2.00 bits per heavy atom. The normalized spacial score (nSPS) is 12.1. The topological polar surface area (TPSA) is 92.4 Å². The van der Waals surface area contributed by atoms with Crippen LogP contribution in [0.25, 0.3) is 11.5 Å². The minimum atomic E-state index is -1.00. The SMILES string of the molecule is CC(C)CC(NC(=O)CSCc1coc(-c2ccccc2)n1)C(=O)O. The van der Waals surface area contributed by atoms with Gasteiger partial charge in [0, 0.05) is 11.3 Å². The van der Waals surface area contributed by atoms with E-state index in [9.17, 15) is 9.59 Å². The molecule has 1 amide bonds. The fraction of sp³-hybridized carbons (Fsp3) is 0.389. The van der Waals surface area contributed by atoms with Crippen LogP contribution in [0.5, 0.6) is 0 Å². The molecule has 7 heteroatoms. The minimum absolute atomic E-state index is 0.176. The zero-order chi connectivity index (χ0) is 18.2. The monoisotopic (exact) mass is 362 g/mol. The van der Waals surface area contributed by atoms with Gasteiger partial charge in [0.2, 0.25) is 11.8 Å². The molecule has 1 unspecified atom stereocenters. The average Bonchev–Trinajstić information content (AvgIpc) is 3.03. The average molecular weight is 362 g/mol. The van der Waals surface area contributed by atoms with Crippen LogP contribution in [0.15, 0.2) is 41.0 Å². The number of carboxylic acids is 1. The molecule has 1 heterocycles. The number of carboxylic acid groups (broad SMARTS) is 1. The molecule has 0 spiro atoms. The van der Waals surface area contributed by atoms with Crippen LogP contribution in [0.2, 0.25) is 0 Å². The molecule has 0 aliphatic carbocycles. The zero-order valence-electron chi connectivity index (χ0n) is 14.3. The highest BCUT2D eigenvalue weighted by molar-refractivity contribution is 7.99. The van der Waals surface area contributed by atoms with E-state index in [2.05, 4.69) is 10.3 Å². The van der Waals surface area contributed by atoms with E-state index in [1.165, 1.54) is 11.8 Å². The smallest absolute Gasteiger partial charge is 0.326 e. The lowest BCUT2D eigenvalue weighted by Crippen LogP contribution is -2.42. The lowest BCUT2D eigenvalue weighted by Gasteiger charge is -2.16. The molecule has 0 aliphatic rings. The Bertz CT molecular complexity index is 700. The number of nitrogens with zero attached hydrogens (tertiary/aromatic N) is 1. The molecule has 6 nitrogen and oxygen atoms in total. The van der Waals surface area contributed by atoms with Crippen LogP contribution in [0.4, 0.5) is 0 Å². The quantitative estimate of drug-likeness (QED) is 0.712. The lowest BCUT2D eigenvalue weighted by atomic mass is 10.0. The molecule has 1 aromatic heterocycles. The van der Waals surface area contributed by atoms with Crippen molar-refractivity contribution in [2.75, 3.05) is 5.75 Å². The number of carbonyl (C=O) groups is 2. The van der Waals surface area contributed by atoms with Gasteiger partial charge in [0.05, 0.1) is 11.4 Å². The Kier molecular flexibility index (Phi) is 7.06. The molecule has 1 atom stereocenters. The van der Waals surface area contributed by atoms with E-state index in [0.717, 1.165) is 11.3 Å². The summed E-state index contributed by atoms with van der Waals surface area (Å²) in [5, 5.41) is 11.7. The predicted molar refractivity (Wildman–Crippen MR) is 97.1 cm³/mol. The number of aromatic nitrogens is 1. The number of amides is 1. The highest BCUT2D eigenvalue weighted by atomic mass is 32.2. The first kappa shape index (κ1) is 19.1. The van der Waals surface area contributed by atoms with E-state index in [4.69, 9.17) is 9.52 Å². The molecule has 25 heavy (non-hydrogen) atoms. The number of benzene rings is 1. The van der Waals surface area contributed by atoms with Crippen molar-refractivity contribution < 1.29 is 19.1 Å². The summed E-state index contributed by atoms with van der Waals surface area (Å²) >= 11 is 1.37. The summed E-state index contributed by atoms with van der Waals surface area (Å²) < 4.78 is 5.45. The van der Waals surface area contributed by atoms with Gasteiger partial charge in [-0.05, 0) is 24.5 Å². The van der Waals surface area contributed by atoms with Crippen LogP contribution in [0.1, 0.15) is 26.0 Å². The number of hydrogen-bond acceptors (Lipinski definition) is 5. The van der Waals surface area contributed by atoms with Crippen molar-refractivity contribution in [1.29, 1.82) is 0 Å². The van der Waals surface area contributed by atoms with Crippen LogP contribution < -0.4 is 5.32 Å². The molecule has 0 bridgehead atoms. The molecule has 2 rings (SSSR count). The predicted octanol–water partition coefficient (Wildman–Crippen LogP) is 3.19. The first-order chi connectivity index (χ1) is 12.0. The summed E-state index contributed by atoms with van der Waals surface area (Å²) in [4.78, 5) is 27.5. The summed E-state index contributed by atoms with van der Waals surface area (Å²) in [5.74, 6) is 0.145. The van der Waals surface area contributed by atoms with Crippen molar-refractivity contribution in [3.8, 4) is 11.5 Å². The Morgan fingerprint density at radius 3 is 2.64 bits per heavy atom. The Balaban J connectivity index is 1.79. The van der Waals surface area contributed by atoms with Crippen molar-refractivity contribution in [2.24, 2.45) is 5.92 Å². The highest BCUT2D eigenvalue weighted by Gasteiger charge is 2.20. The van der Waals surface area contributed by atoms with Crippen molar-refractivity contribution in [3.63, 3.8) is 0 Å². The largest absolute Gasteiger partial charge is 0.480 e. The molecule has 134 valence electrons. The summed E-state index contributed by atoms with van der Waals surface area (Å²) in [6.45, 7) is 3.84. The van der Waals surface area contributed by atoms with E-state index < -0.39 is 12.0 Å². The zero-order valence-corrected chi connectivity index (χ0v) is 15.1. The number of thioether (sulfide) groups is 1. The number of aliphatic carboxylic acids is 1. The van der Waals surface area contributed by atoms with E-state index in [-0.39, 0.29) is 17.6 Å². The first-order valence-electron chi connectivity index (χ1n) is 8.05. The maximum Gasteiger partial charge on any atom is 0.326 e. The molecule has 1 aromatic carbocycles. The second-order valence-electron chi connectivity index (χ2n) is 6.09. The standard InChI is InChI=1S/C18H22N2O4S/c1-12(2)8-15(18(22)23)20-16(21)11-25-10-14-9-24-17(19-14)13-6-4-3-5-7-13/h3-7,9,12,15H,8,10-11H2,1-2H3,(H,20,21)(H,22,23).